The van der Waals surface area contributed by atoms with Gasteiger partial charge in [-0.3, -0.25) is 4.79 Å². The number of aromatic hydroxyl groups is 1. The monoisotopic (exact) mass is 492 g/mol. The topological polar surface area (TPSA) is 61.4 Å². The van der Waals surface area contributed by atoms with Crippen LogP contribution in [0.25, 0.3) is 0 Å². The fourth-order valence-corrected chi connectivity index (χ4v) is 3.95. The van der Waals surface area contributed by atoms with Gasteiger partial charge in [0.2, 0.25) is 0 Å². The lowest BCUT2D eigenvalue weighted by molar-refractivity contribution is -0.143. The van der Waals surface area contributed by atoms with Crippen LogP contribution in [0.1, 0.15) is 52.7 Å². The molecule has 1 aliphatic rings. The molecule has 0 radical (unpaired) electrons. The summed E-state index contributed by atoms with van der Waals surface area (Å²) in [5.41, 5.74) is -3.35. The van der Waals surface area contributed by atoms with Crippen LogP contribution in [-0.4, -0.2) is 23.6 Å². The predicted molar refractivity (Wildman–Crippen MR) is 109 cm³/mol. The summed E-state index contributed by atoms with van der Waals surface area (Å²) >= 11 is 0. The Bertz CT molecular complexity index is 981. The van der Waals surface area contributed by atoms with Crippen LogP contribution in [0.4, 0.5) is 30.7 Å². The molecular formula is C23H23F7N2O2. The van der Waals surface area contributed by atoms with E-state index >= 15 is 0 Å². The van der Waals surface area contributed by atoms with E-state index < -0.39 is 46.5 Å². The third kappa shape index (κ3) is 6.62. The molecule has 3 N–H and O–H groups in total. The SMILES string of the molecule is O=C(NCC1CCC(NCc2cccc(F)c2O)CC1)c1cc(C(F)(F)F)cc(C(F)(F)F)c1. The van der Waals surface area contributed by atoms with Crippen LogP contribution in [0.3, 0.4) is 0 Å². The van der Waals surface area contributed by atoms with Gasteiger partial charge in [0.05, 0.1) is 11.1 Å². The number of carbonyl (C=O) groups is 1. The summed E-state index contributed by atoms with van der Waals surface area (Å²) < 4.78 is 91.3. The number of halogens is 7. The van der Waals surface area contributed by atoms with Gasteiger partial charge in [0.15, 0.2) is 11.6 Å². The van der Waals surface area contributed by atoms with Crippen molar-refractivity contribution in [3.05, 3.63) is 64.5 Å². The van der Waals surface area contributed by atoms with Crippen molar-refractivity contribution in [2.45, 2.75) is 50.6 Å². The van der Waals surface area contributed by atoms with Gasteiger partial charge in [-0.15, -0.1) is 0 Å². The zero-order valence-corrected chi connectivity index (χ0v) is 17.9. The number of rotatable bonds is 6. The molecule has 0 saturated heterocycles. The van der Waals surface area contributed by atoms with E-state index in [1.54, 1.807) is 6.07 Å². The Hall–Kier alpha value is -2.82. The minimum atomic E-state index is -5.02. The second kappa shape index (κ2) is 10.2. The number of phenolic OH excluding ortho intramolecular Hbond substituents is 1. The van der Waals surface area contributed by atoms with E-state index in [1.807, 2.05) is 0 Å². The number of hydrogen-bond acceptors (Lipinski definition) is 3. The van der Waals surface area contributed by atoms with Crippen LogP contribution in [0.2, 0.25) is 0 Å². The number of amides is 1. The predicted octanol–water partition coefficient (Wildman–Crippen LogP) is 5.65. The Labute approximate surface area is 191 Å². The molecule has 3 rings (SSSR count). The first-order chi connectivity index (χ1) is 15.8. The Morgan fingerprint density at radius 1 is 0.941 bits per heavy atom. The molecule has 2 aromatic carbocycles. The lowest BCUT2D eigenvalue weighted by Gasteiger charge is -2.29. The van der Waals surface area contributed by atoms with Crippen molar-refractivity contribution in [2.75, 3.05) is 6.54 Å². The first-order valence-corrected chi connectivity index (χ1v) is 10.6. The summed E-state index contributed by atoms with van der Waals surface area (Å²) in [5, 5.41) is 15.4. The zero-order chi connectivity index (χ0) is 25.1. The summed E-state index contributed by atoms with van der Waals surface area (Å²) in [5.74, 6) is -2.10. The van der Waals surface area contributed by atoms with E-state index in [0.717, 1.165) is 6.07 Å². The molecule has 0 spiro atoms. The third-order valence-corrected chi connectivity index (χ3v) is 5.90. The first-order valence-electron chi connectivity index (χ1n) is 10.6. The maximum atomic E-state index is 13.4. The number of benzene rings is 2. The van der Waals surface area contributed by atoms with Gasteiger partial charge in [-0.25, -0.2) is 4.39 Å². The Balaban J connectivity index is 1.53. The minimum Gasteiger partial charge on any atom is -0.505 e. The fraction of sp³-hybridized carbons (Fsp3) is 0.435. The Morgan fingerprint density at radius 3 is 2.09 bits per heavy atom. The molecule has 2 aromatic rings. The quantitative estimate of drug-likeness (QED) is 0.457. The van der Waals surface area contributed by atoms with Gasteiger partial charge < -0.3 is 15.7 Å². The second-order valence-corrected chi connectivity index (χ2v) is 8.35. The minimum absolute atomic E-state index is 0.0115. The third-order valence-electron chi connectivity index (χ3n) is 5.90. The maximum absolute atomic E-state index is 13.4. The molecule has 11 heteroatoms. The molecule has 0 aliphatic heterocycles. The number of carbonyl (C=O) groups excluding carboxylic acids is 1. The van der Waals surface area contributed by atoms with Crippen molar-refractivity contribution >= 4 is 5.91 Å². The van der Waals surface area contributed by atoms with Gasteiger partial charge in [-0.05, 0) is 55.9 Å². The van der Waals surface area contributed by atoms with E-state index in [1.165, 1.54) is 6.07 Å². The lowest BCUT2D eigenvalue weighted by Crippen LogP contribution is -2.36. The zero-order valence-electron chi connectivity index (χ0n) is 17.9. The van der Waals surface area contributed by atoms with E-state index in [-0.39, 0.29) is 31.1 Å². The molecule has 0 atom stereocenters. The molecule has 1 saturated carbocycles. The lowest BCUT2D eigenvalue weighted by atomic mass is 9.86. The average Bonchev–Trinajstić information content (AvgIpc) is 2.77. The van der Waals surface area contributed by atoms with E-state index in [9.17, 15) is 40.6 Å². The van der Waals surface area contributed by atoms with Gasteiger partial charge in [0.1, 0.15) is 0 Å². The summed E-state index contributed by atoms with van der Waals surface area (Å²) in [4.78, 5) is 12.3. The highest BCUT2D eigenvalue weighted by Gasteiger charge is 2.37. The summed E-state index contributed by atoms with van der Waals surface area (Å²) in [6.07, 6.45) is -7.29. The van der Waals surface area contributed by atoms with E-state index in [0.29, 0.717) is 43.4 Å². The van der Waals surface area contributed by atoms with Crippen LogP contribution in [-0.2, 0) is 18.9 Å². The molecule has 0 unspecified atom stereocenters. The molecule has 1 aliphatic carbocycles. The van der Waals surface area contributed by atoms with Crippen molar-refractivity contribution < 1.29 is 40.6 Å². The maximum Gasteiger partial charge on any atom is 0.416 e. The normalized spacial score (nSPS) is 19.1. The molecule has 0 heterocycles. The van der Waals surface area contributed by atoms with Crippen molar-refractivity contribution in [1.82, 2.24) is 10.6 Å². The molecule has 0 bridgehead atoms. The molecule has 34 heavy (non-hydrogen) atoms. The van der Waals surface area contributed by atoms with Crippen molar-refractivity contribution in [1.29, 1.82) is 0 Å². The van der Waals surface area contributed by atoms with Crippen LogP contribution >= 0.6 is 0 Å². The summed E-state index contributed by atoms with van der Waals surface area (Å²) in [6.45, 7) is 0.389. The summed E-state index contributed by atoms with van der Waals surface area (Å²) in [7, 11) is 0. The largest absolute Gasteiger partial charge is 0.505 e. The van der Waals surface area contributed by atoms with Gasteiger partial charge >= 0.3 is 12.4 Å². The van der Waals surface area contributed by atoms with Crippen LogP contribution < -0.4 is 10.6 Å². The Morgan fingerprint density at radius 2 is 1.53 bits per heavy atom. The highest BCUT2D eigenvalue weighted by Crippen LogP contribution is 2.36. The first kappa shape index (κ1) is 25.8. The van der Waals surface area contributed by atoms with Gasteiger partial charge in [0, 0.05) is 30.3 Å². The summed E-state index contributed by atoms with van der Waals surface area (Å²) in [6, 6.07) is 5.14. The number of hydrogen-bond donors (Lipinski definition) is 3. The Kier molecular flexibility index (Phi) is 7.74. The molecular weight excluding hydrogens is 469 g/mol. The highest BCUT2D eigenvalue weighted by molar-refractivity contribution is 5.94. The average molecular weight is 492 g/mol. The molecule has 1 amide bonds. The smallest absolute Gasteiger partial charge is 0.416 e. The fourth-order valence-electron chi connectivity index (χ4n) is 3.95. The van der Waals surface area contributed by atoms with Gasteiger partial charge in [0.25, 0.3) is 5.91 Å². The van der Waals surface area contributed by atoms with Crippen molar-refractivity contribution in [3.8, 4) is 5.75 Å². The number of alkyl halides is 6. The number of nitrogens with one attached hydrogen (secondary N) is 2. The van der Waals surface area contributed by atoms with Crippen LogP contribution in [0, 0.1) is 11.7 Å². The van der Waals surface area contributed by atoms with Crippen molar-refractivity contribution in [2.24, 2.45) is 5.92 Å². The van der Waals surface area contributed by atoms with Crippen LogP contribution in [0.15, 0.2) is 36.4 Å². The van der Waals surface area contributed by atoms with Gasteiger partial charge in [-0.1, -0.05) is 12.1 Å². The molecule has 0 aromatic heterocycles. The second-order valence-electron chi connectivity index (χ2n) is 8.35. The highest BCUT2D eigenvalue weighted by atomic mass is 19.4. The van der Waals surface area contributed by atoms with E-state index in [2.05, 4.69) is 10.6 Å². The van der Waals surface area contributed by atoms with Crippen LogP contribution in [0.5, 0.6) is 5.75 Å². The number of para-hydroxylation sites is 1. The van der Waals surface area contributed by atoms with Crippen molar-refractivity contribution in [3.63, 3.8) is 0 Å². The number of phenols is 1. The standard InChI is InChI=1S/C23H23F7N2O2/c24-19-3-1-2-14(20(19)33)12-31-18-6-4-13(5-7-18)11-32-21(34)15-8-16(22(25,26)27)10-17(9-15)23(28,29)30/h1-3,8-10,13,18,31,33H,4-7,11-12H2,(H,32,34). The van der Waals surface area contributed by atoms with Gasteiger partial charge in [-0.2, -0.15) is 26.3 Å². The van der Waals surface area contributed by atoms with E-state index in [4.69, 9.17) is 0 Å². The molecule has 1 fully saturated rings. The molecule has 4 nitrogen and oxygen atoms in total. The molecule has 186 valence electrons.